The van der Waals surface area contributed by atoms with E-state index in [1.165, 1.54) is 6.42 Å². The number of hydrogen-bond donors (Lipinski definition) is 2. The van der Waals surface area contributed by atoms with Crippen LogP contribution in [0.5, 0.6) is 0 Å². The summed E-state index contributed by atoms with van der Waals surface area (Å²) in [5, 5.41) is 10.4. The largest absolute Gasteiger partial charge is 0.335 e. The van der Waals surface area contributed by atoms with E-state index in [0.29, 0.717) is 12.6 Å². The summed E-state index contributed by atoms with van der Waals surface area (Å²) < 4.78 is 0. The fourth-order valence-electron chi connectivity index (χ4n) is 2.37. The van der Waals surface area contributed by atoms with Crippen LogP contribution in [0.2, 0.25) is 0 Å². The quantitative estimate of drug-likeness (QED) is 0.871. The van der Waals surface area contributed by atoms with Crippen LogP contribution < -0.4 is 5.32 Å². The summed E-state index contributed by atoms with van der Waals surface area (Å²) in [7, 11) is 0. The normalized spacial score (nSPS) is 19.3. The molecule has 20 heavy (non-hydrogen) atoms. The molecule has 0 aromatic carbocycles. The number of H-pyrrole nitrogens is 1. The molecule has 2 rings (SSSR count). The van der Waals surface area contributed by atoms with Gasteiger partial charge in [-0.2, -0.15) is 0 Å². The number of carbonyl (C=O) groups excluding carboxylic acids is 1. The SMILES string of the molecule is CCN(CC1CCCN1)C(=O)c1n[nH]c(C(C)(C)C)n1. The molecule has 1 unspecified atom stereocenters. The molecular formula is C14H25N5O. The Kier molecular flexibility index (Phi) is 4.42. The van der Waals surface area contributed by atoms with Gasteiger partial charge >= 0.3 is 0 Å². The summed E-state index contributed by atoms with van der Waals surface area (Å²) in [5.74, 6) is 0.929. The molecule has 1 aliphatic rings. The van der Waals surface area contributed by atoms with Crippen LogP contribution in [-0.2, 0) is 5.41 Å². The maximum atomic E-state index is 12.5. The monoisotopic (exact) mass is 279 g/mol. The van der Waals surface area contributed by atoms with Crippen LogP contribution in [-0.4, -0.2) is 51.7 Å². The highest BCUT2D eigenvalue weighted by atomic mass is 16.2. The second kappa shape index (κ2) is 5.91. The number of rotatable bonds is 4. The first-order chi connectivity index (χ1) is 9.41. The van der Waals surface area contributed by atoms with Gasteiger partial charge in [-0.25, -0.2) is 4.98 Å². The third kappa shape index (κ3) is 3.36. The summed E-state index contributed by atoms with van der Waals surface area (Å²) in [6, 6.07) is 0.403. The predicted octanol–water partition coefficient (Wildman–Crippen LogP) is 1.32. The van der Waals surface area contributed by atoms with Crippen molar-refractivity contribution in [3.8, 4) is 0 Å². The fourth-order valence-corrected chi connectivity index (χ4v) is 2.37. The van der Waals surface area contributed by atoms with Gasteiger partial charge in [0.15, 0.2) is 0 Å². The smallest absolute Gasteiger partial charge is 0.293 e. The zero-order chi connectivity index (χ0) is 14.8. The maximum Gasteiger partial charge on any atom is 0.293 e. The molecule has 1 atom stereocenters. The van der Waals surface area contributed by atoms with Crippen molar-refractivity contribution in [2.75, 3.05) is 19.6 Å². The first kappa shape index (κ1) is 15.0. The number of likely N-dealkylation sites (N-methyl/N-ethyl adjacent to an activating group) is 1. The van der Waals surface area contributed by atoms with Gasteiger partial charge in [0.2, 0.25) is 5.82 Å². The molecule has 0 saturated carbocycles. The Balaban J connectivity index is 2.05. The molecule has 1 fully saturated rings. The van der Waals surface area contributed by atoms with Crippen LogP contribution in [0, 0.1) is 0 Å². The lowest BCUT2D eigenvalue weighted by Gasteiger charge is -2.23. The van der Waals surface area contributed by atoms with Crippen molar-refractivity contribution in [1.82, 2.24) is 25.4 Å². The van der Waals surface area contributed by atoms with E-state index >= 15 is 0 Å². The number of hydrogen-bond acceptors (Lipinski definition) is 4. The molecule has 1 aliphatic heterocycles. The van der Waals surface area contributed by atoms with Crippen LogP contribution in [0.15, 0.2) is 0 Å². The lowest BCUT2D eigenvalue weighted by atomic mass is 9.96. The minimum atomic E-state index is -0.129. The Morgan fingerprint density at radius 3 is 2.70 bits per heavy atom. The standard InChI is InChI=1S/C14H25N5O/c1-5-19(9-10-7-6-8-15-10)12(20)11-16-13(18-17-11)14(2,3)4/h10,15H,5-9H2,1-4H3,(H,16,17,18). The van der Waals surface area contributed by atoms with Crippen LogP contribution in [0.3, 0.4) is 0 Å². The third-order valence-electron chi connectivity index (χ3n) is 3.66. The molecule has 6 heteroatoms. The number of nitrogens with one attached hydrogen (secondary N) is 2. The van der Waals surface area contributed by atoms with E-state index in [9.17, 15) is 4.79 Å². The van der Waals surface area contributed by atoms with Crippen molar-refractivity contribution in [2.45, 2.75) is 52.0 Å². The van der Waals surface area contributed by atoms with Crippen LogP contribution >= 0.6 is 0 Å². The Bertz CT molecular complexity index is 456. The molecule has 1 aromatic heterocycles. The highest BCUT2D eigenvalue weighted by Gasteiger charge is 2.26. The second-order valence-corrected chi connectivity index (χ2v) is 6.39. The molecule has 2 N–H and O–H groups in total. The van der Waals surface area contributed by atoms with Gasteiger partial charge in [0.25, 0.3) is 5.91 Å². The molecule has 0 spiro atoms. The molecule has 1 aromatic rings. The van der Waals surface area contributed by atoms with E-state index < -0.39 is 0 Å². The van der Waals surface area contributed by atoms with Crippen molar-refractivity contribution in [2.24, 2.45) is 0 Å². The van der Waals surface area contributed by atoms with E-state index in [2.05, 4.69) is 20.5 Å². The second-order valence-electron chi connectivity index (χ2n) is 6.39. The van der Waals surface area contributed by atoms with E-state index in [-0.39, 0.29) is 17.1 Å². The van der Waals surface area contributed by atoms with E-state index in [4.69, 9.17) is 0 Å². The van der Waals surface area contributed by atoms with Crippen molar-refractivity contribution < 1.29 is 4.79 Å². The lowest BCUT2D eigenvalue weighted by molar-refractivity contribution is 0.0739. The number of aromatic amines is 1. The summed E-state index contributed by atoms with van der Waals surface area (Å²) in [6.45, 7) is 10.6. The van der Waals surface area contributed by atoms with Gasteiger partial charge in [0.05, 0.1) is 0 Å². The van der Waals surface area contributed by atoms with Gasteiger partial charge in [-0.05, 0) is 26.3 Å². The van der Waals surface area contributed by atoms with Crippen molar-refractivity contribution in [3.05, 3.63) is 11.6 Å². The molecule has 0 aliphatic carbocycles. The molecule has 1 saturated heterocycles. The van der Waals surface area contributed by atoms with Gasteiger partial charge in [-0.1, -0.05) is 20.8 Å². The molecule has 2 heterocycles. The minimum Gasteiger partial charge on any atom is -0.335 e. The molecule has 112 valence electrons. The molecule has 0 bridgehead atoms. The number of aromatic nitrogens is 3. The number of nitrogens with zero attached hydrogens (tertiary/aromatic N) is 3. The average molecular weight is 279 g/mol. The topological polar surface area (TPSA) is 73.9 Å². The molecular weight excluding hydrogens is 254 g/mol. The summed E-state index contributed by atoms with van der Waals surface area (Å²) in [4.78, 5) is 18.6. The molecule has 0 radical (unpaired) electrons. The highest BCUT2D eigenvalue weighted by molar-refractivity contribution is 5.90. The zero-order valence-electron chi connectivity index (χ0n) is 12.9. The van der Waals surface area contributed by atoms with Gasteiger partial charge in [0, 0.05) is 24.5 Å². The Labute approximate surface area is 120 Å². The summed E-state index contributed by atoms with van der Waals surface area (Å²) in [5.41, 5.74) is -0.129. The lowest BCUT2D eigenvalue weighted by Crippen LogP contribution is -2.41. The van der Waals surface area contributed by atoms with Crippen LogP contribution in [0.1, 0.15) is 57.0 Å². The van der Waals surface area contributed by atoms with Crippen LogP contribution in [0.25, 0.3) is 0 Å². The van der Waals surface area contributed by atoms with Gasteiger partial charge < -0.3 is 10.2 Å². The van der Waals surface area contributed by atoms with Crippen molar-refractivity contribution >= 4 is 5.91 Å². The minimum absolute atomic E-state index is 0.0899. The van der Waals surface area contributed by atoms with Gasteiger partial charge in [0.1, 0.15) is 5.82 Å². The average Bonchev–Trinajstić information content (AvgIpc) is 3.05. The van der Waals surface area contributed by atoms with Crippen molar-refractivity contribution in [3.63, 3.8) is 0 Å². The van der Waals surface area contributed by atoms with Crippen LogP contribution in [0.4, 0.5) is 0 Å². The zero-order valence-corrected chi connectivity index (χ0v) is 12.9. The number of amides is 1. The molecule has 6 nitrogen and oxygen atoms in total. The highest BCUT2D eigenvalue weighted by Crippen LogP contribution is 2.18. The van der Waals surface area contributed by atoms with Crippen molar-refractivity contribution in [1.29, 1.82) is 0 Å². The summed E-state index contributed by atoms with van der Waals surface area (Å²) >= 11 is 0. The van der Waals surface area contributed by atoms with E-state index in [0.717, 1.165) is 25.3 Å². The van der Waals surface area contributed by atoms with Gasteiger partial charge in [-0.3, -0.25) is 9.89 Å². The molecule has 1 amide bonds. The first-order valence-corrected chi connectivity index (χ1v) is 7.37. The Morgan fingerprint density at radius 2 is 2.20 bits per heavy atom. The summed E-state index contributed by atoms with van der Waals surface area (Å²) in [6.07, 6.45) is 2.32. The fraction of sp³-hybridized carbons (Fsp3) is 0.786. The first-order valence-electron chi connectivity index (χ1n) is 7.37. The van der Waals surface area contributed by atoms with E-state index in [1.807, 2.05) is 32.6 Å². The van der Waals surface area contributed by atoms with Gasteiger partial charge in [-0.15, -0.1) is 5.10 Å². The number of carbonyl (C=O) groups is 1. The Morgan fingerprint density at radius 1 is 1.45 bits per heavy atom. The third-order valence-corrected chi connectivity index (χ3v) is 3.66. The predicted molar refractivity (Wildman–Crippen MR) is 77.7 cm³/mol. The van der Waals surface area contributed by atoms with E-state index in [1.54, 1.807) is 0 Å². The Hall–Kier alpha value is -1.43. The maximum absolute atomic E-state index is 12.5.